The number of nitrogens with zero attached hydrogens (tertiary/aromatic N) is 1. The molecule has 0 bridgehead atoms. The van der Waals surface area contributed by atoms with Gasteiger partial charge in [0.05, 0.1) is 0 Å². The zero-order valence-corrected chi connectivity index (χ0v) is 10.0. The van der Waals surface area contributed by atoms with Gasteiger partial charge in [0.1, 0.15) is 17.8 Å². The molecule has 3 aromatic rings. The normalized spacial score (nSPS) is 10.6. The minimum Gasteiger partial charge on any atom is -0.444 e. The summed E-state index contributed by atoms with van der Waals surface area (Å²) in [6.07, 6.45) is 1.55. The summed E-state index contributed by atoms with van der Waals surface area (Å²) >= 11 is 0. The SMILES string of the molecule is Nc1ccc(-c2nc(-c3ccc(F)cc3)co2)cc1. The van der Waals surface area contributed by atoms with Crippen molar-refractivity contribution in [2.24, 2.45) is 0 Å². The molecule has 3 nitrogen and oxygen atoms in total. The second-order valence-corrected chi connectivity index (χ2v) is 4.17. The fourth-order valence-electron chi connectivity index (χ4n) is 1.79. The zero-order valence-electron chi connectivity index (χ0n) is 10.0. The summed E-state index contributed by atoms with van der Waals surface area (Å²) in [5.41, 5.74) is 8.65. The van der Waals surface area contributed by atoms with Gasteiger partial charge in [0.15, 0.2) is 0 Å². The van der Waals surface area contributed by atoms with E-state index < -0.39 is 0 Å². The number of anilines is 1. The number of aromatic nitrogens is 1. The standard InChI is InChI=1S/C15H11FN2O/c16-12-5-1-10(2-6-12)14-9-19-15(18-14)11-3-7-13(17)8-4-11/h1-9H,17H2. The number of benzene rings is 2. The lowest BCUT2D eigenvalue weighted by Crippen LogP contribution is -1.84. The van der Waals surface area contributed by atoms with Gasteiger partial charge in [0.25, 0.3) is 0 Å². The molecule has 94 valence electrons. The van der Waals surface area contributed by atoms with Gasteiger partial charge in [-0.05, 0) is 48.5 Å². The van der Waals surface area contributed by atoms with Crippen molar-refractivity contribution in [2.75, 3.05) is 5.73 Å². The largest absolute Gasteiger partial charge is 0.444 e. The van der Waals surface area contributed by atoms with Gasteiger partial charge < -0.3 is 10.2 Å². The molecule has 2 aromatic carbocycles. The van der Waals surface area contributed by atoms with Gasteiger partial charge in [-0.15, -0.1) is 0 Å². The lowest BCUT2D eigenvalue weighted by Gasteiger charge is -1.96. The quantitative estimate of drug-likeness (QED) is 0.709. The number of nitrogen functional groups attached to an aromatic ring is 1. The van der Waals surface area contributed by atoms with Crippen molar-refractivity contribution in [1.29, 1.82) is 0 Å². The molecule has 0 radical (unpaired) electrons. The topological polar surface area (TPSA) is 52.0 Å². The molecule has 0 amide bonds. The highest BCUT2D eigenvalue weighted by atomic mass is 19.1. The van der Waals surface area contributed by atoms with Gasteiger partial charge in [-0.3, -0.25) is 0 Å². The van der Waals surface area contributed by atoms with E-state index in [1.807, 2.05) is 12.1 Å². The Balaban J connectivity index is 1.95. The van der Waals surface area contributed by atoms with Crippen molar-refractivity contribution in [3.8, 4) is 22.7 Å². The van der Waals surface area contributed by atoms with Crippen molar-refractivity contribution in [3.63, 3.8) is 0 Å². The van der Waals surface area contributed by atoms with Crippen LogP contribution in [-0.2, 0) is 0 Å². The number of halogens is 1. The summed E-state index contributed by atoms with van der Waals surface area (Å²) in [6, 6.07) is 13.4. The third kappa shape index (κ3) is 2.33. The Morgan fingerprint density at radius 3 is 2.21 bits per heavy atom. The van der Waals surface area contributed by atoms with Crippen LogP contribution < -0.4 is 5.73 Å². The first kappa shape index (κ1) is 11.5. The smallest absolute Gasteiger partial charge is 0.226 e. The molecule has 0 unspecified atom stereocenters. The van der Waals surface area contributed by atoms with Crippen molar-refractivity contribution in [2.45, 2.75) is 0 Å². The number of nitrogens with two attached hydrogens (primary N) is 1. The summed E-state index contributed by atoms with van der Waals surface area (Å²) in [7, 11) is 0. The van der Waals surface area contributed by atoms with Gasteiger partial charge in [0, 0.05) is 16.8 Å². The van der Waals surface area contributed by atoms with Crippen LogP contribution in [0, 0.1) is 5.82 Å². The molecule has 0 saturated heterocycles. The van der Waals surface area contributed by atoms with E-state index in [1.54, 1.807) is 30.5 Å². The third-order valence-corrected chi connectivity index (χ3v) is 2.80. The van der Waals surface area contributed by atoms with Crippen LogP contribution >= 0.6 is 0 Å². The van der Waals surface area contributed by atoms with Crippen molar-refractivity contribution < 1.29 is 8.81 Å². The summed E-state index contributed by atoms with van der Waals surface area (Å²) in [5, 5.41) is 0. The van der Waals surface area contributed by atoms with Gasteiger partial charge in [0.2, 0.25) is 5.89 Å². The molecule has 0 aliphatic carbocycles. The summed E-state index contributed by atoms with van der Waals surface area (Å²) in [6.45, 7) is 0. The zero-order chi connectivity index (χ0) is 13.2. The fourth-order valence-corrected chi connectivity index (χ4v) is 1.79. The molecule has 0 saturated carbocycles. The first-order chi connectivity index (χ1) is 9.22. The average Bonchev–Trinajstić information content (AvgIpc) is 2.90. The number of hydrogen-bond acceptors (Lipinski definition) is 3. The molecule has 19 heavy (non-hydrogen) atoms. The van der Waals surface area contributed by atoms with Gasteiger partial charge in [-0.2, -0.15) is 0 Å². The van der Waals surface area contributed by atoms with Crippen LogP contribution in [0.4, 0.5) is 10.1 Å². The minimum absolute atomic E-state index is 0.272. The maximum atomic E-state index is 12.9. The molecule has 1 heterocycles. The van der Waals surface area contributed by atoms with Crippen LogP contribution in [0.2, 0.25) is 0 Å². The monoisotopic (exact) mass is 254 g/mol. The summed E-state index contributed by atoms with van der Waals surface area (Å²) < 4.78 is 18.3. The Kier molecular flexibility index (Phi) is 2.76. The minimum atomic E-state index is -0.272. The van der Waals surface area contributed by atoms with Crippen LogP contribution in [0.5, 0.6) is 0 Å². The van der Waals surface area contributed by atoms with Crippen molar-refractivity contribution >= 4 is 5.69 Å². The highest BCUT2D eigenvalue weighted by Gasteiger charge is 2.08. The Labute approximate surface area is 109 Å². The fraction of sp³-hybridized carbons (Fsp3) is 0. The van der Waals surface area contributed by atoms with Gasteiger partial charge >= 0.3 is 0 Å². The van der Waals surface area contributed by atoms with E-state index in [2.05, 4.69) is 4.98 Å². The third-order valence-electron chi connectivity index (χ3n) is 2.80. The second kappa shape index (κ2) is 4.57. The van der Waals surface area contributed by atoms with E-state index in [1.165, 1.54) is 12.1 Å². The average molecular weight is 254 g/mol. The molecule has 2 N–H and O–H groups in total. The predicted molar refractivity (Wildman–Crippen MR) is 71.7 cm³/mol. The Bertz CT molecular complexity index is 627. The number of oxazole rings is 1. The molecule has 0 aliphatic rings. The number of hydrogen-bond donors (Lipinski definition) is 1. The summed E-state index contributed by atoms with van der Waals surface area (Å²) in [5.74, 6) is 0.241. The molecule has 0 aliphatic heterocycles. The van der Waals surface area contributed by atoms with Crippen molar-refractivity contribution in [3.05, 3.63) is 60.6 Å². The predicted octanol–water partition coefficient (Wildman–Crippen LogP) is 3.73. The molecule has 0 spiro atoms. The van der Waals surface area contributed by atoms with Crippen LogP contribution in [0.1, 0.15) is 0 Å². The Hall–Kier alpha value is -2.62. The van der Waals surface area contributed by atoms with Crippen LogP contribution in [0.3, 0.4) is 0 Å². The lowest BCUT2D eigenvalue weighted by atomic mass is 10.2. The lowest BCUT2D eigenvalue weighted by molar-refractivity contribution is 0.575. The maximum Gasteiger partial charge on any atom is 0.226 e. The molecular weight excluding hydrogens is 243 g/mol. The molecule has 4 heteroatoms. The van der Waals surface area contributed by atoms with Crippen LogP contribution in [0.25, 0.3) is 22.7 Å². The molecule has 3 rings (SSSR count). The first-order valence-corrected chi connectivity index (χ1v) is 5.80. The molecule has 0 fully saturated rings. The van der Waals surface area contributed by atoms with E-state index in [0.29, 0.717) is 17.3 Å². The summed E-state index contributed by atoms with van der Waals surface area (Å²) in [4.78, 5) is 4.38. The van der Waals surface area contributed by atoms with E-state index in [0.717, 1.165) is 11.1 Å². The van der Waals surface area contributed by atoms with Crippen LogP contribution in [-0.4, -0.2) is 4.98 Å². The van der Waals surface area contributed by atoms with Crippen LogP contribution in [0.15, 0.2) is 59.2 Å². The Morgan fingerprint density at radius 1 is 0.895 bits per heavy atom. The molecule has 1 aromatic heterocycles. The van der Waals surface area contributed by atoms with E-state index >= 15 is 0 Å². The maximum absolute atomic E-state index is 12.9. The molecule has 0 atom stereocenters. The first-order valence-electron chi connectivity index (χ1n) is 5.80. The highest BCUT2D eigenvalue weighted by molar-refractivity contribution is 5.63. The van der Waals surface area contributed by atoms with E-state index in [4.69, 9.17) is 10.2 Å². The number of rotatable bonds is 2. The molecular formula is C15H11FN2O. The van der Waals surface area contributed by atoms with E-state index in [-0.39, 0.29) is 5.82 Å². The highest BCUT2D eigenvalue weighted by Crippen LogP contribution is 2.25. The van der Waals surface area contributed by atoms with E-state index in [9.17, 15) is 4.39 Å². The van der Waals surface area contributed by atoms with Gasteiger partial charge in [-0.1, -0.05) is 0 Å². The van der Waals surface area contributed by atoms with Gasteiger partial charge in [-0.25, -0.2) is 9.37 Å². The van der Waals surface area contributed by atoms with Crippen molar-refractivity contribution in [1.82, 2.24) is 4.98 Å². The Morgan fingerprint density at radius 2 is 1.53 bits per heavy atom. The second-order valence-electron chi connectivity index (χ2n) is 4.17.